The lowest BCUT2D eigenvalue weighted by molar-refractivity contribution is 0.370. The van der Waals surface area contributed by atoms with Gasteiger partial charge >= 0.3 is 0 Å². The predicted molar refractivity (Wildman–Crippen MR) is 84.1 cm³/mol. The maximum atomic E-state index is 5.37. The molecule has 0 aliphatic rings. The average molecular weight is 283 g/mol. The number of terminal acetylenes is 1. The summed E-state index contributed by atoms with van der Waals surface area (Å²) in [5.41, 5.74) is 2.46. The van der Waals surface area contributed by atoms with Gasteiger partial charge in [-0.2, -0.15) is 0 Å². The Morgan fingerprint density at radius 3 is 2.76 bits per heavy atom. The number of benzene rings is 1. The van der Waals surface area contributed by atoms with Crippen molar-refractivity contribution < 1.29 is 4.74 Å². The van der Waals surface area contributed by atoms with Crippen molar-refractivity contribution in [3.8, 4) is 18.1 Å². The van der Waals surface area contributed by atoms with Gasteiger partial charge in [0.1, 0.15) is 12.4 Å². The van der Waals surface area contributed by atoms with Gasteiger partial charge in [-0.25, -0.2) is 4.98 Å². The Bertz CT molecular complexity index is 595. The van der Waals surface area contributed by atoms with E-state index in [0.29, 0.717) is 12.6 Å². The average Bonchev–Trinajstić information content (AvgIpc) is 2.91. The quantitative estimate of drug-likeness (QED) is 0.793. The highest BCUT2D eigenvalue weighted by Gasteiger charge is 2.05. The van der Waals surface area contributed by atoms with E-state index in [0.717, 1.165) is 18.7 Å². The Morgan fingerprint density at radius 2 is 2.14 bits per heavy atom. The monoisotopic (exact) mass is 283 g/mol. The van der Waals surface area contributed by atoms with E-state index < -0.39 is 0 Å². The number of aromatic nitrogens is 2. The van der Waals surface area contributed by atoms with Crippen LogP contribution in [-0.2, 0) is 13.5 Å². The van der Waals surface area contributed by atoms with Gasteiger partial charge in [0.05, 0.1) is 6.33 Å². The van der Waals surface area contributed by atoms with Crippen molar-refractivity contribution in [2.24, 2.45) is 7.05 Å². The van der Waals surface area contributed by atoms with Gasteiger partial charge in [-0.05, 0) is 24.6 Å². The van der Waals surface area contributed by atoms with Crippen LogP contribution in [0, 0.1) is 12.3 Å². The lowest BCUT2D eigenvalue weighted by atomic mass is 10.1. The molecule has 0 unspecified atom stereocenters. The first-order valence-electron chi connectivity index (χ1n) is 7.05. The maximum absolute atomic E-state index is 5.37. The molecule has 0 saturated heterocycles. The van der Waals surface area contributed by atoms with Crippen LogP contribution in [0.2, 0.25) is 0 Å². The van der Waals surface area contributed by atoms with Crippen molar-refractivity contribution in [2.75, 3.05) is 13.2 Å². The molecule has 4 heteroatoms. The van der Waals surface area contributed by atoms with Gasteiger partial charge in [0, 0.05) is 37.9 Å². The Balaban J connectivity index is 1.81. The van der Waals surface area contributed by atoms with Crippen molar-refractivity contribution >= 4 is 0 Å². The normalized spacial score (nSPS) is 11.9. The van der Waals surface area contributed by atoms with Crippen molar-refractivity contribution in [2.45, 2.75) is 19.4 Å². The van der Waals surface area contributed by atoms with Crippen LogP contribution in [0.4, 0.5) is 0 Å². The third kappa shape index (κ3) is 4.37. The Hall–Kier alpha value is -2.25. The van der Waals surface area contributed by atoms with E-state index in [2.05, 4.69) is 35.3 Å². The molecule has 1 heterocycles. The molecule has 110 valence electrons. The summed E-state index contributed by atoms with van der Waals surface area (Å²) in [6.45, 7) is 3.37. The van der Waals surface area contributed by atoms with Crippen LogP contribution < -0.4 is 10.1 Å². The third-order valence-corrected chi connectivity index (χ3v) is 3.45. The summed E-state index contributed by atoms with van der Waals surface area (Å²) >= 11 is 0. The van der Waals surface area contributed by atoms with Crippen molar-refractivity contribution in [3.63, 3.8) is 0 Å². The summed E-state index contributed by atoms with van der Waals surface area (Å²) in [6, 6.07) is 8.32. The number of rotatable bonds is 7. The number of hydrogen-bond acceptors (Lipinski definition) is 3. The van der Waals surface area contributed by atoms with Crippen LogP contribution in [0.1, 0.15) is 24.2 Å². The fourth-order valence-corrected chi connectivity index (χ4v) is 2.14. The third-order valence-electron chi connectivity index (χ3n) is 3.45. The number of ether oxygens (including phenoxy) is 1. The largest absolute Gasteiger partial charge is 0.481 e. The van der Waals surface area contributed by atoms with Crippen molar-refractivity contribution in [1.82, 2.24) is 14.9 Å². The zero-order valence-electron chi connectivity index (χ0n) is 12.5. The van der Waals surface area contributed by atoms with E-state index in [1.54, 1.807) is 0 Å². The molecule has 0 spiro atoms. The topological polar surface area (TPSA) is 39.1 Å². The van der Waals surface area contributed by atoms with Gasteiger partial charge in [-0.1, -0.05) is 18.1 Å². The fourth-order valence-electron chi connectivity index (χ4n) is 2.14. The van der Waals surface area contributed by atoms with Crippen LogP contribution in [0.5, 0.6) is 5.75 Å². The standard InChI is InChI=1S/C17H21N3O/c1-4-11-21-17-7-5-15(6-8-17)14(2)19-10-9-16-12-18-13-20(16)3/h1,5-8,12-14,19H,9-11H2,2-3H3/t14-/m1/s1. The van der Waals surface area contributed by atoms with E-state index in [1.165, 1.54) is 11.3 Å². The highest BCUT2D eigenvalue weighted by molar-refractivity contribution is 5.29. The first-order valence-corrected chi connectivity index (χ1v) is 7.05. The molecule has 0 aliphatic carbocycles. The summed E-state index contributed by atoms with van der Waals surface area (Å²) in [5.74, 6) is 3.26. The molecule has 0 aliphatic heterocycles. The van der Waals surface area contributed by atoms with E-state index in [1.807, 2.05) is 36.3 Å². The van der Waals surface area contributed by atoms with Crippen molar-refractivity contribution in [3.05, 3.63) is 48.0 Å². The number of hydrogen-bond donors (Lipinski definition) is 1. The van der Waals surface area contributed by atoms with Crippen LogP contribution in [0.15, 0.2) is 36.8 Å². The minimum atomic E-state index is 0.292. The molecular formula is C17H21N3O. The number of nitrogens with one attached hydrogen (secondary N) is 1. The number of imidazole rings is 1. The molecule has 1 aromatic heterocycles. The van der Waals surface area contributed by atoms with E-state index >= 15 is 0 Å². The zero-order valence-corrected chi connectivity index (χ0v) is 12.5. The first-order chi connectivity index (χ1) is 10.2. The lowest BCUT2D eigenvalue weighted by Crippen LogP contribution is -2.22. The number of nitrogens with zero attached hydrogens (tertiary/aromatic N) is 2. The fraction of sp³-hybridized carbons (Fsp3) is 0.353. The van der Waals surface area contributed by atoms with Crippen LogP contribution in [0.3, 0.4) is 0 Å². The van der Waals surface area contributed by atoms with Gasteiger partial charge in [-0.3, -0.25) is 0 Å². The van der Waals surface area contributed by atoms with Gasteiger partial charge in [-0.15, -0.1) is 6.42 Å². The molecule has 1 atom stereocenters. The Kier molecular flexibility index (Phi) is 5.42. The second-order valence-electron chi connectivity index (χ2n) is 4.98. The molecule has 1 N–H and O–H groups in total. The molecule has 4 nitrogen and oxygen atoms in total. The van der Waals surface area contributed by atoms with Gasteiger partial charge in [0.2, 0.25) is 0 Å². The Morgan fingerprint density at radius 1 is 1.38 bits per heavy atom. The molecule has 0 amide bonds. The molecule has 21 heavy (non-hydrogen) atoms. The SMILES string of the molecule is C#CCOc1ccc([C@@H](C)NCCc2cncn2C)cc1. The molecule has 0 fully saturated rings. The van der Waals surface area contributed by atoms with Crippen molar-refractivity contribution in [1.29, 1.82) is 0 Å². The van der Waals surface area contributed by atoms with E-state index in [4.69, 9.17) is 11.2 Å². The minimum Gasteiger partial charge on any atom is -0.481 e. The van der Waals surface area contributed by atoms with Crippen LogP contribution >= 0.6 is 0 Å². The van der Waals surface area contributed by atoms with E-state index in [-0.39, 0.29) is 0 Å². The Labute approximate surface area is 126 Å². The van der Waals surface area contributed by atoms with Gasteiger partial charge in [0.25, 0.3) is 0 Å². The highest BCUT2D eigenvalue weighted by Crippen LogP contribution is 2.17. The highest BCUT2D eigenvalue weighted by atomic mass is 16.5. The van der Waals surface area contributed by atoms with Gasteiger partial charge < -0.3 is 14.6 Å². The van der Waals surface area contributed by atoms with Crippen LogP contribution in [-0.4, -0.2) is 22.7 Å². The number of aryl methyl sites for hydroxylation is 1. The molecule has 2 rings (SSSR count). The summed E-state index contributed by atoms with van der Waals surface area (Å²) in [5, 5.41) is 3.51. The smallest absolute Gasteiger partial charge is 0.148 e. The predicted octanol–water partition coefficient (Wildman–Crippen LogP) is 2.33. The lowest BCUT2D eigenvalue weighted by Gasteiger charge is -2.15. The molecular weight excluding hydrogens is 262 g/mol. The minimum absolute atomic E-state index is 0.292. The molecule has 0 saturated carbocycles. The second-order valence-corrected chi connectivity index (χ2v) is 4.98. The first kappa shape index (κ1) is 15.1. The molecule has 2 aromatic rings. The summed E-state index contributed by atoms with van der Waals surface area (Å²) in [4.78, 5) is 4.12. The van der Waals surface area contributed by atoms with Crippen LogP contribution in [0.25, 0.3) is 0 Å². The summed E-state index contributed by atoms with van der Waals surface area (Å²) in [6.07, 6.45) is 9.87. The summed E-state index contributed by atoms with van der Waals surface area (Å²) in [7, 11) is 2.01. The maximum Gasteiger partial charge on any atom is 0.148 e. The second kappa shape index (κ2) is 7.51. The molecule has 1 aromatic carbocycles. The van der Waals surface area contributed by atoms with E-state index in [9.17, 15) is 0 Å². The zero-order chi connectivity index (χ0) is 15.1. The molecule has 0 bridgehead atoms. The van der Waals surface area contributed by atoms with Gasteiger partial charge in [0.15, 0.2) is 0 Å². The summed E-state index contributed by atoms with van der Waals surface area (Å²) < 4.78 is 7.41. The molecule has 0 radical (unpaired) electrons.